The van der Waals surface area contributed by atoms with E-state index in [1.54, 1.807) is 6.92 Å². The van der Waals surface area contributed by atoms with Crippen LogP contribution in [0.4, 0.5) is 26.3 Å². The van der Waals surface area contributed by atoms with Gasteiger partial charge in [0.2, 0.25) is 5.75 Å². The number of halogens is 7. The van der Waals surface area contributed by atoms with E-state index in [2.05, 4.69) is 9.97 Å². The zero-order valence-electron chi connectivity index (χ0n) is 16.8. The fourth-order valence-corrected chi connectivity index (χ4v) is 2.98. The van der Waals surface area contributed by atoms with Crippen LogP contribution in [-0.2, 0) is 12.5 Å². The number of ether oxygens (including phenoxy) is 1. The zero-order valence-corrected chi connectivity index (χ0v) is 17.6. The molecule has 0 bridgehead atoms. The van der Waals surface area contributed by atoms with Gasteiger partial charge in [-0.3, -0.25) is 14.2 Å². The van der Waals surface area contributed by atoms with Crippen molar-refractivity contribution in [3.8, 4) is 17.6 Å². The molecule has 1 aromatic carbocycles. The number of H-pyrrole nitrogens is 1. The molecule has 2 heterocycles. The number of rotatable bonds is 5. The van der Waals surface area contributed by atoms with E-state index >= 15 is 0 Å². The molecule has 0 amide bonds. The molecule has 7 nitrogen and oxygen atoms in total. The maximum absolute atomic E-state index is 14.5. The number of hydrogen-bond donors (Lipinski definition) is 1. The minimum atomic E-state index is -6.18. The second-order valence-corrected chi connectivity index (χ2v) is 7.34. The Morgan fingerprint density at radius 1 is 1.21 bits per heavy atom. The lowest BCUT2D eigenvalue weighted by Gasteiger charge is -2.21. The maximum atomic E-state index is 14.5. The minimum Gasteiger partial charge on any atom is -0.446 e. The second kappa shape index (κ2) is 8.86. The van der Waals surface area contributed by atoms with Crippen LogP contribution in [0.5, 0.6) is 11.5 Å². The van der Waals surface area contributed by atoms with Crippen molar-refractivity contribution >= 4 is 11.6 Å². The summed E-state index contributed by atoms with van der Waals surface area (Å²) in [5.41, 5.74) is -4.69. The molecule has 0 unspecified atom stereocenters. The summed E-state index contributed by atoms with van der Waals surface area (Å²) in [6, 6.07) is 5.68. The Bertz CT molecular complexity index is 1430. The van der Waals surface area contributed by atoms with Crippen LogP contribution >= 0.6 is 11.6 Å². The largest absolute Gasteiger partial charge is 0.459 e. The summed E-state index contributed by atoms with van der Waals surface area (Å²) in [6.07, 6.45) is -5.81. The number of aromatic amines is 1. The molecule has 0 radical (unpaired) electrons. The van der Waals surface area contributed by atoms with Gasteiger partial charge in [-0.1, -0.05) is 11.6 Å². The molecule has 3 aromatic rings. The summed E-state index contributed by atoms with van der Waals surface area (Å²) in [6.45, 7) is 0.977. The van der Waals surface area contributed by atoms with Crippen LogP contribution in [0.25, 0.3) is 0 Å². The molecule has 0 spiro atoms. The highest BCUT2D eigenvalue weighted by Crippen LogP contribution is 2.46. The Balaban J connectivity index is 2.23. The van der Waals surface area contributed by atoms with E-state index in [-0.39, 0.29) is 10.6 Å². The highest BCUT2D eigenvalue weighted by atomic mass is 35.5. The van der Waals surface area contributed by atoms with Gasteiger partial charge in [0.05, 0.1) is 18.4 Å². The predicted octanol–water partition coefficient (Wildman–Crippen LogP) is 4.40. The average molecular weight is 505 g/mol. The van der Waals surface area contributed by atoms with Crippen LogP contribution < -0.4 is 15.9 Å². The summed E-state index contributed by atoms with van der Waals surface area (Å²) in [5.74, 6) is -9.86. The van der Waals surface area contributed by atoms with E-state index in [1.165, 1.54) is 18.2 Å². The highest BCUT2D eigenvalue weighted by molar-refractivity contribution is 6.30. The van der Waals surface area contributed by atoms with Gasteiger partial charge in [-0.05, 0) is 25.1 Å². The van der Waals surface area contributed by atoms with Gasteiger partial charge in [-0.2, -0.15) is 27.2 Å². The van der Waals surface area contributed by atoms with Crippen molar-refractivity contribution in [2.24, 2.45) is 0 Å². The summed E-state index contributed by atoms with van der Waals surface area (Å²) >= 11 is 5.71. The van der Waals surface area contributed by atoms with Gasteiger partial charge in [0, 0.05) is 22.3 Å². The molecular weight excluding hydrogens is 494 g/mol. The molecule has 178 valence electrons. The smallest absolute Gasteiger partial charge is 0.446 e. The molecule has 2 aromatic heterocycles. The lowest BCUT2D eigenvalue weighted by atomic mass is 10.2. The monoisotopic (exact) mass is 504 g/mol. The van der Waals surface area contributed by atoms with E-state index in [1.807, 2.05) is 0 Å². The topological polar surface area (TPSA) is 101 Å². The summed E-state index contributed by atoms with van der Waals surface area (Å²) in [5, 5.41) is 8.62. The normalized spacial score (nSPS) is 11.9. The number of aromatic nitrogens is 3. The number of nitrogens with zero attached hydrogens (tertiary/aromatic N) is 3. The number of pyridine rings is 1. The Kier molecular flexibility index (Phi) is 6.48. The van der Waals surface area contributed by atoms with Crippen molar-refractivity contribution < 1.29 is 31.1 Å². The molecular formula is C20H11ClF6N4O3. The van der Waals surface area contributed by atoms with Crippen molar-refractivity contribution in [1.82, 2.24) is 14.5 Å². The number of benzene rings is 1. The fourth-order valence-electron chi connectivity index (χ4n) is 2.77. The van der Waals surface area contributed by atoms with E-state index < -0.39 is 58.3 Å². The number of aryl methyl sites for hydroxylation is 1. The fraction of sp³-hybridized carbons (Fsp3) is 0.200. The third-order valence-electron chi connectivity index (χ3n) is 4.46. The minimum absolute atomic E-state index is 0.0588. The van der Waals surface area contributed by atoms with Gasteiger partial charge in [-0.15, -0.1) is 0 Å². The molecule has 0 aliphatic rings. The third-order valence-corrected chi connectivity index (χ3v) is 4.68. The molecule has 0 atom stereocenters. The number of nitriles is 1. The van der Waals surface area contributed by atoms with E-state index in [0.29, 0.717) is 22.7 Å². The lowest BCUT2D eigenvalue weighted by molar-refractivity contribution is -0.291. The van der Waals surface area contributed by atoms with Crippen molar-refractivity contribution in [3.05, 3.63) is 84.7 Å². The van der Waals surface area contributed by atoms with Crippen molar-refractivity contribution in [1.29, 1.82) is 5.26 Å². The van der Waals surface area contributed by atoms with Gasteiger partial charge in [0.1, 0.15) is 6.07 Å². The zero-order chi connectivity index (χ0) is 25.4. The molecule has 0 fully saturated rings. The van der Waals surface area contributed by atoms with Gasteiger partial charge >= 0.3 is 12.1 Å². The molecule has 14 heteroatoms. The third kappa shape index (κ3) is 4.62. The van der Waals surface area contributed by atoms with Crippen molar-refractivity contribution in [2.75, 3.05) is 0 Å². The lowest BCUT2D eigenvalue weighted by Crippen LogP contribution is -2.37. The van der Waals surface area contributed by atoms with Gasteiger partial charge in [0.15, 0.2) is 17.3 Å². The quantitative estimate of drug-likeness (QED) is 0.519. The summed E-state index contributed by atoms with van der Waals surface area (Å²) < 4.78 is 87.2. The first-order valence-corrected chi connectivity index (χ1v) is 9.44. The number of nitrogens with one attached hydrogen (secondary N) is 1. The summed E-state index contributed by atoms with van der Waals surface area (Å²) in [7, 11) is 0. The Morgan fingerprint density at radius 3 is 2.47 bits per heavy atom. The second-order valence-electron chi connectivity index (χ2n) is 6.90. The van der Waals surface area contributed by atoms with Crippen LogP contribution in [0, 0.1) is 24.1 Å². The van der Waals surface area contributed by atoms with Crippen LogP contribution in [0.15, 0.2) is 40.2 Å². The Morgan fingerprint density at radius 2 is 1.88 bits per heavy atom. The highest BCUT2D eigenvalue weighted by Gasteiger charge is 2.62. The Labute approximate surface area is 190 Å². The van der Waals surface area contributed by atoms with Gasteiger partial charge in [-0.25, -0.2) is 9.37 Å². The van der Waals surface area contributed by atoms with Crippen LogP contribution in [0.1, 0.15) is 22.5 Å². The first-order chi connectivity index (χ1) is 15.8. The SMILES string of the molecule is Cc1ccc(Cn2cnc(C(F)(F)C(F)(F)F)c(Oc3cc(Cl)cc(C#N)c3F)c2=O)c(=O)[nH]1. The standard InChI is InChI=1S/C20H11ClF6N4O3/c1-9-2-3-10(17(32)30-9)7-31-8-29-16(19(23,24)20(25,26)27)15(18(31)33)34-13-5-12(21)4-11(6-28)14(13)22/h2-5,8H,7H2,1H3,(H,30,32). The van der Waals surface area contributed by atoms with Crippen molar-refractivity contribution in [3.63, 3.8) is 0 Å². The first-order valence-electron chi connectivity index (χ1n) is 9.06. The molecule has 0 aliphatic heterocycles. The molecule has 0 saturated heterocycles. The maximum Gasteiger partial charge on any atom is 0.459 e. The average Bonchev–Trinajstić information content (AvgIpc) is 2.73. The van der Waals surface area contributed by atoms with E-state index in [9.17, 15) is 35.9 Å². The van der Waals surface area contributed by atoms with Crippen LogP contribution in [0.3, 0.4) is 0 Å². The number of alkyl halides is 5. The van der Waals surface area contributed by atoms with Crippen molar-refractivity contribution in [2.45, 2.75) is 25.6 Å². The van der Waals surface area contributed by atoms with E-state index in [0.717, 1.165) is 6.07 Å². The molecule has 1 N–H and O–H groups in total. The first kappa shape index (κ1) is 24.8. The molecule has 34 heavy (non-hydrogen) atoms. The number of hydrogen-bond acceptors (Lipinski definition) is 5. The van der Waals surface area contributed by atoms with E-state index in [4.69, 9.17) is 21.6 Å². The van der Waals surface area contributed by atoms with Crippen LogP contribution in [-0.4, -0.2) is 20.7 Å². The molecule has 0 aliphatic carbocycles. The summed E-state index contributed by atoms with van der Waals surface area (Å²) in [4.78, 5) is 30.4. The predicted molar refractivity (Wildman–Crippen MR) is 106 cm³/mol. The van der Waals surface area contributed by atoms with Gasteiger partial charge in [0.25, 0.3) is 11.1 Å². The molecule has 0 saturated carbocycles. The van der Waals surface area contributed by atoms with Crippen LogP contribution in [0.2, 0.25) is 5.02 Å². The van der Waals surface area contributed by atoms with Gasteiger partial charge < -0.3 is 9.72 Å². The molecule has 3 rings (SSSR count). The Hall–Kier alpha value is -3.79.